The minimum atomic E-state index is -4.16. The molecule has 0 saturated carbocycles. The fraction of sp³-hybridized carbons (Fsp3) is 0.417. The van der Waals surface area contributed by atoms with E-state index in [9.17, 15) is 22.8 Å². The summed E-state index contributed by atoms with van der Waals surface area (Å²) in [5.41, 5.74) is 3.95. The molecule has 1 aromatic carbocycles. The standard InChI is InChI=1S/C24H29F3N2O2/c1-4-18(23(31)29-14-6-13-28-17(3)30)15-20-7-5-8-22(16(20)2)19-9-11-21(12-10-19)24(25,26)27/h4-5,7-9,15,21H,1,6,10-14H2,2-3H3,(H,28,30)(H,29,31)/b18-15+. The monoisotopic (exact) mass is 434 g/mol. The molecule has 1 unspecified atom stereocenters. The zero-order valence-corrected chi connectivity index (χ0v) is 17.9. The van der Waals surface area contributed by atoms with Crippen LogP contribution in [0.1, 0.15) is 49.3 Å². The zero-order chi connectivity index (χ0) is 23.0. The summed E-state index contributed by atoms with van der Waals surface area (Å²) >= 11 is 0. The van der Waals surface area contributed by atoms with Crippen LogP contribution in [-0.4, -0.2) is 31.1 Å². The van der Waals surface area contributed by atoms with E-state index >= 15 is 0 Å². The number of hydrogen-bond donors (Lipinski definition) is 2. The molecule has 0 bridgehead atoms. The van der Waals surface area contributed by atoms with Crippen molar-refractivity contribution in [3.63, 3.8) is 0 Å². The van der Waals surface area contributed by atoms with Crippen LogP contribution in [0.2, 0.25) is 0 Å². The Kier molecular flexibility index (Phi) is 8.65. The number of carbonyl (C=O) groups is 2. The zero-order valence-electron chi connectivity index (χ0n) is 17.9. The largest absolute Gasteiger partial charge is 0.392 e. The normalized spacial score (nSPS) is 17.0. The summed E-state index contributed by atoms with van der Waals surface area (Å²) in [5.74, 6) is -1.66. The van der Waals surface area contributed by atoms with Gasteiger partial charge in [0, 0.05) is 25.6 Å². The average Bonchev–Trinajstić information content (AvgIpc) is 2.72. The van der Waals surface area contributed by atoms with Gasteiger partial charge in [0.1, 0.15) is 0 Å². The van der Waals surface area contributed by atoms with Crippen LogP contribution in [0.4, 0.5) is 13.2 Å². The number of benzene rings is 1. The Morgan fingerprint density at radius 1 is 1.23 bits per heavy atom. The molecule has 2 rings (SSSR count). The quantitative estimate of drug-likeness (QED) is 0.345. The maximum atomic E-state index is 12.9. The molecular weight excluding hydrogens is 405 g/mol. The van der Waals surface area contributed by atoms with Crippen molar-refractivity contribution in [3.05, 3.63) is 59.2 Å². The predicted molar refractivity (Wildman–Crippen MR) is 117 cm³/mol. The highest BCUT2D eigenvalue weighted by atomic mass is 19.4. The summed E-state index contributed by atoms with van der Waals surface area (Å²) in [7, 11) is 0. The number of allylic oxidation sites excluding steroid dienone is 2. The molecule has 168 valence electrons. The minimum absolute atomic E-state index is 0.00284. The van der Waals surface area contributed by atoms with Crippen molar-refractivity contribution in [2.45, 2.75) is 45.7 Å². The van der Waals surface area contributed by atoms with Gasteiger partial charge in [-0.1, -0.05) is 36.9 Å². The van der Waals surface area contributed by atoms with Gasteiger partial charge in [0.15, 0.2) is 0 Å². The van der Waals surface area contributed by atoms with Crippen LogP contribution in [0, 0.1) is 12.8 Å². The van der Waals surface area contributed by atoms with Crippen molar-refractivity contribution in [2.75, 3.05) is 13.1 Å². The first-order valence-electron chi connectivity index (χ1n) is 10.4. The molecule has 1 atom stereocenters. The highest BCUT2D eigenvalue weighted by Gasteiger charge is 2.39. The number of nitrogens with one attached hydrogen (secondary N) is 2. The van der Waals surface area contributed by atoms with E-state index in [4.69, 9.17) is 0 Å². The summed E-state index contributed by atoms with van der Waals surface area (Å²) in [6, 6.07) is 5.62. The molecular formula is C24H29F3N2O2. The molecule has 0 fully saturated rings. The minimum Gasteiger partial charge on any atom is -0.356 e. The lowest BCUT2D eigenvalue weighted by Gasteiger charge is -2.25. The topological polar surface area (TPSA) is 58.2 Å². The van der Waals surface area contributed by atoms with Crippen molar-refractivity contribution in [2.24, 2.45) is 5.92 Å². The van der Waals surface area contributed by atoms with Crippen LogP contribution in [0.3, 0.4) is 0 Å². The molecule has 1 aliphatic rings. The third kappa shape index (κ3) is 7.12. The van der Waals surface area contributed by atoms with Crippen LogP contribution >= 0.6 is 0 Å². The second-order valence-electron chi connectivity index (χ2n) is 7.66. The molecule has 1 aliphatic carbocycles. The number of hydrogen-bond acceptors (Lipinski definition) is 2. The summed E-state index contributed by atoms with van der Waals surface area (Å²) in [6.45, 7) is 7.95. The third-order valence-corrected chi connectivity index (χ3v) is 5.40. The Morgan fingerprint density at radius 2 is 1.94 bits per heavy atom. The van der Waals surface area contributed by atoms with Gasteiger partial charge in [0.25, 0.3) is 5.91 Å². The van der Waals surface area contributed by atoms with Gasteiger partial charge in [-0.15, -0.1) is 0 Å². The first-order valence-corrected chi connectivity index (χ1v) is 10.4. The van der Waals surface area contributed by atoms with Gasteiger partial charge in [-0.25, -0.2) is 0 Å². The van der Waals surface area contributed by atoms with E-state index in [1.165, 1.54) is 13.0 Å². The van der Waals surface area contributed by atoms with Gasteiger partial charge in [-0.3, -0.25) is 9.59 Å². The first kappa shape index (κ1) is 24.4. The molecule has 0 radical (unpaired) electrons. The Morgan fingerprint density at radius 3 is 2.52 bits per heavy atom. The van der Waals surface area contributed by atoms with Gasteiger partial charge in [-0.05, 0) is 60.9 Å². The van der Waals surface area contributed by atoms with Gasteiger partial charge >= 0.3 is 6.18 Å². The Balaban J connectivity index is 2.11. The average molecular weight is 435 g/mol. The highest BCUT2D eigenvalue weighted by molar-refractivity contribution is 6.00. The second-order valence-corrected chi connectivity index (χ2v) is 7.66. The molecule has 2 N–H and O–H groups in total. The molecule has 1 aromatic rings. The van der Waals surface area contributed by atoms with E-state index in [2.05, 4.69) is 17.2 Å². The smallest absolute Gasteiger partial charge is 0.356 e. The van der Waals surface area contributed by atoms with Crippen molar-refractivity contribution in [1.29, 1.82) is 0 Å². The second kappa shape index (κ2) is 11.0. The van der Waals surface area contributed by atoms with Crippen molar-refractivity contribution in [3.8, 4) is 0 Å². The number of halogens is 3. The summed E-state index contributed by atoms with van der Waals surface area (Å²) in [6.07, 6.45) is 1.81. The van der Waals surface area contributed by atoms with Crippen LogP contribution in [-0.2, 0) is 9.59 Å². The van der Waals surface area contributed by atoms with E-state index in [0.717, 1.165) is 22.3 Å². The number of amides is 2. The molecule has 0 aromatic heterocycles. The molecule has 2 amide bonds. The van der Waals surface area contributed by atoms with Gasteiger partial charge < -0.3 is 10.6 Å². The van der Waals surface area contributed by atoms with Crippen LogP contribution < -0.4 is 10.6 Å². The van der Waals surface area contributed by atoms with Crippen LogP contribution in [0.15, 0.2) is 42.5 Å². The van der Waals surface area contributed by atoms with Crippen molar-refractivity contribution in [1.82, 2.24) is 10.6 Å². The van der Waals surface area contributed by atoms with Crippen molar-refractivity contribution >= 4 is 23.5 Å². The Bertz CT molecular complexity index is 885. The maximum absolute atomic E-state index is 12.9. The van der Waals surface area contributed by atoms with E-state index in [1.807, 2.05) is 25.1 Å². The molecule has 4 nitrogen and oxygen atoms in total. The van der Waals surface area contributed by atoms with Crippen LogP contribution in [0.5, 0.6) is 0 Å². The third-order valence-electron chi connectivity index (χ3n) is 5.40. The molecule has 0 aliphatic heterocycles. The first-order chi connectivity index (χ1) is 14.6. The number of alkyl halides is 3. The maximum Gasteiger partial charge on any atom is 0.392 e. The summed E-state index contributed by atoms with van der Waals surface area (Å²) < 4.78 is 38.8. The predicted octanol–water partition coefficient (Wildman–Crippen LogP) is 4.95. The lowest BCUT2D eigenvalue weighted by molar-refractivity contribution is -0.175. The van der Waals surface area contributed by atoms with E-state index in [0.29, 0.717) is 31.5 Å². The lowest BCUT2D eigenvalue weighted by atomic mass is 9.84. The summed E-state index contributed by atoms with van der Waals surface area (Å²) in [5, 5.41) is 5.46. The molecule has 31 heavy (non-hydrogen) atoms. The number of carbonyl (C=O) groups excluding carboxylic acids is 2. The van der Waals surface area contributed by atoms with E-state index in [1.54, 1.807) is 12.2 Å². The van der Waals surface area contributed by atoms with Gasteiger partial charge in [-0.2, -0.15) is 13.2 Å². The highest BCUT2D eigenvalue weighted by Crippen LogP contribution is 2.40. The number of rotatable bonds is 8. The summed E-state index contributed by atoms with van der Waals surface area (Å²) in [4.78, 5) is 23.3. The van der Waals surface area contributed by atoms with Crippen molar-refractivity contribution < 1.29 is 22.8 Å². The van der Waals surface area contributed by atoms with E-state index in [-0.39, 0.29) is 24.7 Å². The lowest BCUT2D eigenvalue weighted by Crippen LogP contribution is -2.29. The fourth-order valence-electron chi connectivity index (χ4n) is 3.58. The van der Waals surface area contributed by atoms with Gasteiger partial charge in [0.05, 0.1) is 5.92 Å². The Hall–Kier alpha value is -2.83. The van der Waals surface area contributed by atoms with E-state index < -0.39 is 12.1 Å². The molecule has 0 spiro atoms. The van der Waals surface area contributed by atoms with Crippen LogP contribution in [0.25, 0.3) is 11.6 Å². The van der Waals surface area contributed by atoms with Gasteiger partial charge in [0.2, 0.25) is 5.91 Å². The molecule has 0 heterocycles. The molecule has 7 heteroatoms. The Labute approximate surface area is 181 Å². The fourth-order valence-corrected chi connectivity index (χ4v) is 3.58. The molecule has 0 saturated heterocycles. The SMILES string of the molecule is C=C/C(=C\c1cccc(C2=CCC(C(F)(F)F)CC2)c1C)C(=O)NCCCNC(C)=O.